The lowest BCUT2D eigenvalue weighted by Crippen LogP contribution is -2.41. The molecule has 0 saturated carbocycles. The number of benzene rings is 2. The zero-order valence-electron chi connectivity index (χ0n) is 12.2. The number of nitrogens with one attached hydrogen (secondary N) is 2. The summed E-state index contributed by atoms with van der Waals surface area (Å²) in [5, 5.41) is 14.4. The van der Waals surface area contributed by atoms with Crippen LogP contribution in [0.15, 0.2) is 54.6 Å². The molecule has 0 bridgehead atoms. The first-order valence-electron chi connectivity index (χ1n) is 6.96. The van der Waals surface area contributed by atoms with Gasteiger partial charge in [-0.05, 0) is 36.8 Å². The summed E-state index contributed by atoms with van der Waals surface area (Å²) in [7, 11) is 0. The Bertz CT molecular complexity index is 656. The molecule has 0 aliphatic rings. The van der Waals surface area contributed by atoms with Crippen molar-refractivity contribution < 1.29 is 14.7 Å². The lowest BCUT2D eigenvalue weighted by atomic mass is 10.2. The molecule has 3 N–H and O–H groups in total. The van der Waals surface area contributed by atoms with Gasteiger partial charge in [-0.25, -0.2) is 0 Å². The van der Waals surface area contributed by atoms with Crippen molar-refractivity contribution in [2.45, 2.75) is 19.6 Å². The quantitative estimate of drug-likeness (QED) is 0.789. The largest absolute Gasteiger partial charge is 0.392 e. The van der Waals surface area contributed by atoms with E-state index in [1.807, 2.05) is 6.07 Å². The molecule has 0 aliphatic carbocycles. The highest BCUT2D eigenvalue weighted by Gasteiger charge is 2.16. The van der Waals surface area contributed by atoms with E-state index in [2.05, 4.69) is 10.6 Å². The maximum absolute atomic E-state index is 12.1. The van der Waals surface area contributed by atoms with Crippen LogP contribution in [0, 0.1) is 0 Å². The van der Waals surface area contributed by atoms with Crippen molar-refractivity contribution in [3.05, 3.63) is 65.7 Å². The molecule has 1 atom stereocenters. The Kier molecular flexibility index (Phi) is 5.27. The highest BCUT2D eigenvalue weighted by atomic mass is 16.3. The third-order valence-electron chi connectivity index (χ3n) is 3.15. The predicted octanol–water partition coefficient (Wildman–Crippen LogP) is 1.94. The zero-order valence-corrected chi connectivity index (χ0v) is 12.2. The molecule has 5 heteroatoms. The van der Waals surface area contributed by atoms with E-state index >= 15 is 0 Å². The van der Waals surface area contributed by atoms with Crippen LogP contribution in [0.1, 0.15) is 22.8 Å². The van der Waals surface area contributed by atoms with Gasteiger partial charge in [0.2, 0.25) is 5.91 Å². The Labute approximate surface area is 129 Å². The highest BCUT2D eigenvalue weighted by Crippen LogP contribution is 2.11. The van der Waals surface area contributed by atoms with E-state index in [1.165, 1.54) is 0 Å². The van der Waals surface area contributed by atoms with E-state index in [1.54, 1.807) is 55.5 Å². The summed E-state index contributed by atoms with van der Waals surface area (Å²) in [5.41, 5.74) is 1.79. The van der Waals surface area contributed by atoms with Gasteiger partial charge in [0, 0.05) is 11.3 Å². The van der Waals surface area contributed by atoms with Gasteiger partial charge in [-0.3, -0.25) is 9.59 Å². The number of aliphatic hydroxyl groups is 1. The molecule has 0 saturated heterocycles. The van der Waals surface area contributed by atoms with Gasteiger partial charge in [0.25, 0.3) is 5.91 Å². The Hall–Kier alpha value is -2.66. The summed E-state index contributed by atoms with van der Waals surface area (Å²) < 4.78 is 0. The number of amides is 2. The van der Waals surface area contributed by atoms with Crippen LogP contribution in [-0.4, -0.2) is 23.0 Å². The standard InChI is InChI=1S/C17H18N2O3/c1-12(18-17(22)14-7-3-2-4-8-14)16(21)19-15-9-5-6-13(10-15)11-20/h2-10,12,20H,11H2,1H3,(H,18,22)(H,19,21). The van der Waals surface area contributed by atoms with E-state index in [0.29, 0.717) is 16.8 Å². The Morgan fingerprint density at radius 1 is 1.09 bits per heavy atom. The lowest BCUT2D eigenvalue weighted by molar-refractivity contribution is -0.117. The van der Waals surface area contributed by atoms with Gasteiger partial charge >= 0.3 is 0 Å². The first-order valence-corrected chi connectivity index (χ1v) is 6.96. The predicted molar refractivity (Wildman–Crippen MR) is 84.4 cm³/mol. The number of aliphatic hydroxyl groups excluding tert-OH is 1. The molecular weight excluding hydrogens is 280 g/mol. The van der Waals surface area contributed by atoms with Gasteiger partial charge in [-0.1, -0.05) is 30.3 Å². The van der Waals surface area contributed by atoms with Gasteiger partial charge in [0.1, 0.15) is 6.04 Å². The molecule has 0 aromatic heterocycles. The van der Waals surface area contributed by atoms with Crippen LogP contribution in [0.4, 0.5) is 5.69 Å². The number of anilines is 1. The third kappa shape index (κ3) is 4.17. The van der Waals surface area contributed by atoms with Gasteiger partial charge in [-0.15, -0.1) is 0 Å². The molecule has 0 spiro atoms. The van der Waals surface area contributed by atoms with Gasteiger partial charge in [0.15, 0.2) is 0 Å². The average Bonchev–Trinajstić information content (AvgIpc) is 2.55. The first-order chi connectivity index (χ1) is 10.6. The number of hydrogen-bond donors (Lipinski definition) is 3. The molecule has 2 aromatic carbocycles. The molecule has 2 rings (SSSR count). The van der Waals surface area contributed by atoms with E-state index in [4.69, 9.17) is 5.11 Å². The smallest absolute Gasteiger partial charge is 0.251 e. The van der Waals surface area contributed by atoms with Crippen LogP contribution in [0.3, 0.4) is 0 Å². The topological polar surface area (TPSA) is 78.4 Å². The maximum Gasteiger partial charge on any atom is 0.251 e. The second kappa shape index (κ2) is 7.38. The number of rotatable bonds is 5. The molecule has 2 amide bonds. The molecule has 5 nitrogen and oxygen atoms in total. The first kappa shape index (κ1) is 15.7. The monoisotopic (exact) mass is 298 g/mol. The summed E-state index contributed by atoms with van der Waals surface area (Å²) in [6, 6.07) is 15.0. The summed E-state index contributed by atoms with van der Waals surface area (Å²) in [6.45, 7) is 1.52. The van der Waals surface area contributed by atoms with Gasteiger partial charge in [-0.2, -0.15) is 0 Å². The highest BCUT2D eigenvalue weighted by molar-refractivity contribution is 6.00. The van der Waals surface area contributed by atoms with Gasteiger partial charge in [0.05, 0.1) is 6.61 Å². The summed E-state index contributed by atoms with van der Waals surface area (Å²) in [5.74, 6) is -0.619. The fraction of sp³-hybridized carbons (Fsp3) is 0.176. The summed E-state index contributed by atoms with van der Waals surface area (Å²) in [4.78, 5) is 24.1. The normalized spacial score (nSPS) is 11.5. The van der Waals surface area contributed by atoms with E-state index in [9.17, 15) is 9.59 Å². The third-order valence-corrected chi connectivity index (χ3v) is 3.15. The van der Waals surface area contributed by atoms with Crippen molar-refractivity contribution in [1.82, 2.24) is 5.32 Å². The maximum atomic E-state index is 12.1. The van der Waals surface area contributed by atoms with Crippen molar-refractivity contribution in [3.8, 4) is 0 Å². The Morgan fingerprint density at radius 2 is 1.82 bits per heavy atom. The molecule has 114 valence electrons. The van der Waals surface area contributed by atoms with Crippen LogP contribution in [0.25, 0.3) is 0 Å². The van der Waals surface area contributed by atoms with Crippen LogP contribution in [0.2, 0.25) is 0 Å². The van der Waals surface area contributed by atoms with E-state index < -0.39 is 6.04 Å². The van der Waals surface area contributed by atoms with Crippen molar-refractivity contribution in [2.75, 3.05) is 5.32 Å². The second-order valence-electron chi connectivity index (χ2n) is 4.91. The van der Waals surface area contributed by atoms with E-state index in [0.717, 1.165) is 0 Å². The molecule has 0 aliphatic heterocycles. The fourth-order valence-corrected chi connectivity index (χ4v) is 1.93. The van der Waals surface area contributed by atoms with Crippen molar-refractivity contribution in [1.29, 1.82) is 0 Å². The molecule has 0 heterocycles. The number of carbonyl (C=O) groups is 2. The minimum absolute atomic E-state index is 0.0932. The van der Waals surface area contributed by atoms with Crippen molar-refractivity contribution in [3.63, 3.8) is 0 Å². The van der Waals surface area contributed by atoms with Gasteiger partial charge < -0.3 is 15.7 Å². The number of carbonyl (C=O) groups excluding carboxylic acids is 2. The summed E-state index contributed by atoms with van der Waals surface area (Å²) >= 11 is 0. The molecule has 2 aromatic rings. The fourth-order valence-electron chi connectivity index (χ4n) is 1.93. The minimum Gasteiger partial charge on any atom is -0.392 e. The molecule has 0 radical (unpaired) electrons. The average molecular weight is 298 g/mol. The molecule has 22 heavy (non-hydrogen) atoms. The van der Waals surface area contributed by atoms with Crippen LogP contribution < -0.4 is 10.6 Å². The second-order valence-corrected chi connectivity index (χ2v) is 4.91. The SMILES string of the molecule is CC(NC(=O)c1ccccc1)C(=O)Nc1cccc(CO)c1. The molecule has 1 unspecified atom stereocenters. The molecule has 0 fully saturated rings. The lowest BCUT2D eigenvalue weighted by Gasteiger charge is -2.14. The summed E-state index contributed by atoms with van der Waals surface area (Å²) in [6.07, 6.45) is 0. The number of hydrogen-bond acceptors (Lipinski definition) is 3. The van der Waals surface area contributed by atoms with Crippen LogP contribution >= 0.6 is 0 Å². The van der Waals surface area contributed by atoms with Crippen molar-refractivity contribution >= 4 is 17.5 Å². The van der Waals surface area contributed by atoms with Crippen LogP contribution in [0.5, 0.6) is 0 Å². The van der Waals surface area contributed by atoms with Crippen LogP contribution in [-0.2, 0) is 11.4 Å². The Balaban J connectivity index is 1.96. The minimum atomic E-state index is -0.675. The zero-order chi connectivity index (χ0) is 15.9. The Morgan fingerprint density at radius 3 is 2.50 bits per heavy atom. The van der Waals surface area contributed by atoms with Crippen molar-refractivity contribution in [2.24, 2.45) is 0 Å². The van der Waals surface area contributed by atoms with E-state index in [-0.39, 0.29) is 18.4 Å². The molecular formula is C17H18N2O3.